The molecule has 0 saturated heterocycles. The van der Waals surface area contributed by atoms with Gasteiger partial charge in [-0.15, -0.1) is 0 Å². The van der Waals surface area contributed by atoms with E-state index in [2.05, 4.69) is 11.8 Å². The third kappa shape index (κ3) is 3.47. The van der Waals surface area contributed by atoms with Crippen LogP contribution in [0.2, 0.25) is 10.0 Å². The lowest BCUT2D eigenvalue weighted by atomic mass is 10.1. The van der Waals surface area contributed by atoms with Crippen LogP contribution in [-0.4, -0.2) is 29.8 Å². The summed E-state index contributed by atoms with van der Waals surface area (Å²) < 4.78 is 0. The minimum atomic E-state index is 0.119. The van der Waals surface area contributed by atoms with E-state index in [1.807, 2.05) is 0 Å². The van der Waals surface area contributed by atoms with E-state index in [0.717, 1.165) is 13.0 Å². The fourth-order valence-corrected chi connectivity index (χ4v) is 2.36. The van der Waals surface area contributed by atoms with E-state index in [9.17, 15) is 4.79 Å². The van der Waals surface area contributed by atoms with Crippen LogP contribution in [0.25, 0.3) is 0 Å². The fourth-order valence-electron chi connectivity index (χ4n) is 2.06. The number of ketones is 1. The normalized spacial score (nSPS) is 15.1. The summed E-state index contributed by atoms with van der Waals surface area (Å²) in [7, 11) is 0. The molecular formula is C14H17Cl2NO. The lowest BCUT2D eigenvalue weighted by Gasteiger charge is -2.20. The molecule has 0 N–H and O–H groups in total. The second-order valence-corrected chi connectivity index (χ2v) is 5.57. The third-order valence-electron chi connectivity index (χ3n) is 3.16. The van der Waals surface area contributed by atoms with Crippen LogP contribution >= 0.6 is 23.2 Å². The molecule has 1 saturated carbocycles. The lowest BCUT2D eigenvalue weighted by Crippen LogP contribution is -2.32. The van der Waals surface area contributed by atoms with Crippen LogP contribution in [0.4, 0.5) is 0 Å². The minimum absolute atomic E-state index is 0.119. The summed E-state index contributed by atoms with van der Waals surface area (Å²) in [5, 5.41) is 0.928. The van der Waals surface area contributed by atoms with Crippen LogP contribution in [0.3, 0.4) is 0 Å². The number of carbonyl (C=O) groups is 1. The molecule has 0 unspecified atom stereocenters. The summed E-state index contributed by atoms with van der Waals surface area (Å²) >= 11 is 11.8. The maximum Gasteiger partial charge on any atom is 0.176 e. The maximum absolute atomic E-state index is 12.2. The molecule has 1 aromatic carbocycles. The average molecular weight is 286 g/mol. The van der Waals surface area contributed by atoms with E-state index < -0.39 is 0 Å². The molecule has 1 aliphatic carbocycles. The zero-order valence-corrected chi connectivity index (χ0v) is 12.0. The highest BCUT2D eigenvalue weighted by molar-refractivity contribution is 6.42. The molecule has 0 aromatic heterocycles. The van der Waals surface area contributed by atoms with Crippen molar-refractivity contribution in [1.82, 2.24) is 4.90 Å². The Kier molecular flexibility index (Phi) is 4.66. The van der Waals surface area contributed by atoms with Crippen molar-refractivity contribution in [1.29, 1.82) is 0 Å². The molecule has 18 heavy (non-hydrogen) atoms. The molecule has 0 heterocycles. The highest BCUT2D eigenvalue weighted by atomic mass is 35.5. The van der Waals surface area contributed by atoms with Crippen molar-refractivity contribution in [2.75, 3.05) is 13.1 Å². The Morgan fingerprint density at radius 2 is 2.06 bits per heavy atom. The number of Topliss-reactive ketones (excluding diaryl/α,β-unsaturated/α-hetero) is 1. The number of nitrogens with zero attached hydrogens (tertiary/aromatic N) is 1. The molecule has 2 nitrogen and oxygen atoms in total. The average Bonchev–Trinajstić information content (AvgIpc) is 3.16. The van der Waals surface area contributed by atoms with Gasteiger partial charge in [-0.2, -0.15) is 0 Å². The summed E-state index contributed by atoms with van der Waals surface area (Å²) in [6.45, 7) is 3.60. The van der Waals surface area contributed by atoms with Crippen LogP contribution in [0.15, 0.2) is 18.2 Å². The Bertz CT molecular complexity index is 443. The summed E-state index contributed by atoms with van der Waals surface area (Å²) in [6.07, 6.45) is 3.51. The van der Waals surface area contributed by atoms with Crippen molar-refractivity contribution in [3.8, 4) is 0 Å². The number of carbonyl (C=O) groups excluding carboxylic acids is 1. The molecule has 1 fully saturated rings. The van der Waals surface area contributed by atoms with Crippen LogP contribution in [0.1, 0.15) is 36.5 Å². The highest BCUT2D eigenvalue weighted by Gasteiger charge is 2.29. The van der Waals surface area contributed by atoms with Gasteiger partial charge in [0.05, 0.1) is 16.6 Å². The van der Waals surface area contributed by atoms with E-state index in [4.69, 9.17) is 23.2 Å². The van der Waals surface area contributed by atoms with Gasteiger partial charge in [-0.05, 0) is 44.0 Å². The molecule has 0 atom stereocenters. The molecule has 0 radical (unpaired) electrons. The topological polar surface area (TPSA) is 20.3 Å². The van der Waals surface area contributed by atoms with E-state index in [0.29, 0.717) is 28.2 Å². The minimum Gasteiger partial charge on any atom is -0.293 e. The van der Waals surface area contributed by atoms with Gasteiger partial charge >= 0.3 is 0 Å². The summed E-state index contributed by atoms with van der Waals surface area (Å²) in [5.74, 6) is 0.119. The number of hydrogen-bond donors (Lipinski definition) is 0. The highest BCUT2D eigenvalue weighted by Crippen LogP contribution is 2.28. The van der Waals surface area contributed by atoms with Crippen molar-refractivity contribution >= 4 is 29.0 Å². The number of halogens is 2. The molecule has 98 valence electrons. The Hall–Kier alpha value is -0.570. The Morgan fingerprint density at radius 1 is 1.33 bits per heavy atom. The lowest BCUT2D eigenvalue weighted by molar-refractivity contribution is 0.0925. The molecule has 0 amide bonds. The number of rotatable bonds is 6. The third-order valence-corrected chi connectivity index (χ3v) is 3.90. The maximum atomic E-state index is 12.2. The van der Waals surface area contributed by atoms with Gasteiger partial charge in [0.1, 0.15) is 0 Å². The van der Waals surface area contributed by atoms with Crippen LogP contribution < -0.4 is 0 Å². The Balaban J connectivity index is 2.03. The smallest absolute Gasteiger partial charge is 0.176 e. The van der Waals surface area contributed by atoms with Gasteiger partial charge in [-0.1, -0.05) is 30.1 Å². The molecule has 1 aliphatic rings. The standard InChI is InChI=1S/C14H17Cl2NO/c1-2-7-17(11-4-5-11)9-14(18)10-3-6-12(15)13(16)8-10/h3,6,8,11H,2,4-5,7,9H2,1H3. The van der Waals surface area contributed by atoms with Gasteiger partial charge in [0.15, 0.2) is 5.78 Å². The first-order chi connectivity index (χ1) is 8.61. The summed E-state index contributed by atoms with van der Waals surface area (Å²) in [4.78, 5) is 14.5. The molecule has 0 aliphatic heterocycles. The van der Waals surface area contributed by atoms with Gasteiger partial charge < -0.3 is 0 Å². The largest absolute Gasteiger partial charge is 0.293 e. The van der Waals surface area contributed by atoms with Crippen molar-refractivity contribution in [2.24, 2.45) is 0 Å². The van der Waals surface area contributed by atoms with Gasteiger partial charge in [0, 0.05) is 11.6 Å². The van der Waals surface area contributed by atoms with Gasteiger partial charge in [0.2, 0.25) is 0 Å². The number of hydrogen-bond acceptors (Lipinski definition) is 2. The zero-order valence-electron chi connectivity index (χ0n) is 10.5. The Labute approximate surface area is 118 Å². The predicted molar refractivity (Wildman–Crippen MR) is 75.7 cm³/mol. The molecule has 2 rings (SSSR count). The Morgan fingerprint density at radius 3 is 2.61 bits per heavy atom. The van der Waals surface area contributed by atoms with Crippen LogP contribution in [0, 0.1) is 0 Å². The molecule has 0 bridgehead atoms. The van der Waals surface area contributed by atoms with Crippen molar-refractivity contribution in [2.45, 2.75) is 32.2 Å². The first-order valence-electron chi connectivity index (χ1n) is 6.34. The first-order valence-corrected chi connectivity index (χ1v) is 7.09. The van der Waals surface area contributed by atoms with Gasteiger partial charge in [-0.25, -0.2) is 0 Å². The summed E-state index contributed by atoms with van der Waals surface area (Å²) in [6, 6.07) is 5.69. The van der Waals surface area contributed by atoms with E-state index in [-0.39, 0.29) is 5.78 Å². The monoisotopic (exact) mass is 285 g/mol. The van der Waals surface area contributed by atoms with Gasteiger partial charge in [-0.3, -0.25) is 9.69 Å². The van der Waals surface area contributed by atoms with Crippen LogP contribution in [-0.2, 0) is 0 Å². The fraction of sp³-hybridized carbons (Fsp3) is 0.500. The SMILES string of the molecule is CCCN(CC(=O)c1ccc(Cl)c(Cl)c1)C1CC1. The molecule has 0 spiro atoms. The molecule has 4 heteroatoms. The second-order valence-electron chi connectivity index (χ2n) is 4.75. The zero-order chi connectivity index (χ0) is 13.1. The summed E-state index contributed by atoms with van der Waals surface area (Å²) in [5.41, 5.74) is 0.645. The number of benzene rings is 1. The molecule has 1 aromatic rings. The van der Waals surface area contributed by atoms with Gasteiger partial charge in [0.25, 0.3) is 0 Å². The van der Waals surface area contributed by atoms with E-state index in [1.54, 1.807) is 18.2 Å². The predicted octanol–water partition coefficient (Wildman–Crippen LogP) is 4.05. The van der Waals surface area contributed by atoms with E-state index in [1.165, 1.54) is 12.8 Å². The van der Waals surface area contributed by atoms with Crippen LogP contribution in [0.5, 0.6) is 0 Å². The molecular weight excluding hydrogens is 269 g/mol. The first kappa shape index (κ1) is 13.9. The van der Waals surface area contributed by atoms with E-state index >= 15 is 0 Å². The second kappa shape index (κ2) is 6.05. The van der Waals surface area contributed by atoms with Crippen molar-refractivity contribution in [3.63, 3.8) is 0 Å². The van der Waals surface area contributed by atoms with Crippen molar-refractivity contribution in [3.05, 3.63) is 33.8 Å². The quantitative estimate of drug-likeness (QED) is 0.735. The van der Waals surface area contributed by atoms with Crippen molar-refractivity contribution < 1.29 is 4.79 Å².